The lowest BCUT2D eigenvalue weighted by Crippen LogP contribution is -2.38. The first-order chi connectivity index (χ1) is 8.93. The van der Waals surface area contributed by atoms with Gasteiger partial charge in [-0.2, -0.15) is 0 Å². The number of hydrogen-bond donors (Lipinski definition) is 2. The van der Waals surface area contributed by atoms with Crippen LogP contribution >= 0.6 is 11.3 Å². The lowest BCUT2D eigenvalue weighted by Gasteiger charge is -2.33. The fourth-order valence-electron chi connectivity index (χ4n) is 3.00. The summed E-state index contributed by atoms with van der Waals surface area (Å²) < 4.78 is 23.5. The second kappa shape index (κ2) is 5.91. The molecule has 1 fully saturated rings. The number of thiophene rings is 1. The summed E-state index contributed by atoms with van der Waals surface area (Å²) >= 11 is 1.69. The number of rotatable bonds is 4. The minimum Gasteiger partial charge on any atom is -0.271 e. The van der Waals surface area contributed by atoms with Crippen molar-refractivity contribution in [2.24, 2.45) is 11.8 Å². The van der Waals surface area contributed by atoms with Gasteiger partial charge < -0.3 is 0 Å². The molecule has 0 saturated heterocycles. The average Bonchev–Trinajstić information content (AvgIpc) is 2.76. The molecular formula is C13H22N2O2S2. The van der Waals surface area contributed by atoms with E-state index in [1.807, 2.05) is 0 Å². The van der Waals surface area contributed by atoms with Crippen molar-refractivity contribution in [3.8, 4) is 0 Å². The van der Waals surface area contributed by atoms with Gasteiger partial charge in [0.1, 0.15) is 9.84 Å². The fourth-order valence-corrected chi connectivity index (χ4v) is 5.27. The molecule has 3 N–H and O–H groups in total. The fraction of sp³-hybridized carbons (Fsp3) is 0.692. The van der Waals surface area contributed by atoms with Crippen molar-refractivity contribution in [3.05, 3.63) is 21.9 Å². The molecule has 3 atom stereocenters. The molecule has 0 aliphatic heterocycles. The molecule has 1 saturated carbocycles. The highest BCUT2D eigenvalue weighted by Gasteiger charge is 2.34. The first-order valence-electron chi connectivity index (χ1n) is 6.62. The summed E-state index contributed by atoms with van der Waals surface area (Å²) in [6.07, 6.45) is 4.85. The van der Waals surface area contributed by atoms with Gasteiger partial charge in [0.25, 0.3) is 0 Å². The Kier molecular flexibility index (Phi) is 4.66. The Morgan fingerprint density at radius 3 is 2.74 bits per heavy atom. The molecule has 0 aromatic carbocycles. The maximum absolute atomic E-state index is 11.7. The molecule has 1 heterocycles. The Balaban J connectivity index is 2.18. The van der Waals surface area contributed by atoms with Gasteiger partial charge in [-0.05, 0) is 49.1 Å². The third-order valence-corrected chi connectivity index (χ3v) is 6.85. The van der Waals surface area contributed by atoms with E-state index < -0.39 is 9.84 Å². The van der Waals surface area contributed by atoms with Gasteiger partial charge in [-0.1, -0.05) is 6.42 Å². The molecule has 0 amide bonds. The van der Waals surface area contributed by atoms with Crippen molar-refractivity contribution in [3.63, 3.8) is 0 Å². The van der Waals surface area contributed by atoms with Gasteiger partial charge in [-0.25, -0.2) is 8.42 Å². The van der Waals surface area contributed by atoms with Crippen LogP contribution in [0, 0.1) is 12.8 Å². The van der Waals surface area contributed by atoms with Gasteiger partial charge in [-0.3, -0.25) is 11.3 Å². The Bertz CT molecular complexity index is 525. The van der Waals surface area contributed by atoms with Gasteiger partial charge in [0, 0.05) is 11.1 Å². The van der Waals surface area contributed by atoms with Crippen LogP contribution in [0.3, 0.4) is 0 Å². The third-order valence-electron chi connectivity index (χ3n) is 4.11. The van der Waals surface area contributed by atoms with E-state index in [4.69, 9.17) is 5.84 Å². The summed E-state index contributed by atoms with van der Waals surface area (Å²) in [5.74, 6) is 6.03. The number of hydrogen-bond acceptors (Lipinski definition) is 5. The zero-order chi connectivity index (χ0) is 14.0. The molecule has 0 bridgehead atoms. The molecule has 108 valence electrons. The highest BCUT2D eigenvalue weighted by molar-refractivity contribution is 7.91. The Morgan fingerprint density at radius 1 is 1.47 bits per heavy atom. The second-order valence-corrected chi connectivity index (χ2v) is 8.76. The van der Waals surface area contributed by atoms with Crippen LogP contribution in [0.25, 0.3) is 0 Å². The van der Waals surface area contributed by atoms with Crippen LogP contribution < -0.4 is 11.3 Å². The zero-order valence-electron chi connectivity index (χ0n) is 11.4. The van der Waals surface area contributed by atoms with Gasteiger partial charge in [-0.15, -0.1) is 11.3 Å². The van der Waals surface area contributed by atoms with Crippen molar-refractivity contribution < 1.29 is 8.42 Å². The minimum absolute atomic E-state index is 0.0737. The predicted octanol–water partition coefficient (Wildman–Crippen LogP) is 2.16. The monoisotopic (exact) mass is 302 g/mol. The Morgan fingerprint density at radius 2 is 2.21 bits per heavy atom. The summed E-state index contributed by atoms with van der Waals surface area (Å²) in [5, 5.41) is 1.86. The van der Waals surface area contributed by atoms with E-state index >= 15 is 0 Å². The first-order valence-corrected chi connectivity index (χ1v) is 9.46. The van der Waals surface area contributed by atoms with Crippen LogP contribution in [0.2, 0.25) is 0 Å². The standard InChI is InChI=1S/C13H22N2O2S2/c1-9-6-7-18-13(9)12(15-14)10-4-3-5-11(8-10)19(2,16)17/h6-7,10-12,15H,3-5,8,14H2,1-2H3. The van der Waals surface area contributed by atoms with Crippen molar-refractivity contribution in [1.29, 1.82) is 0 Å². The number of hydrazine groups is 1. The third kappa shape index (κ3) is 3.37. The number of nitrogens with two attached hydrogens (primary N) is 1. The summed E-state index contributed by atoms with van der Waals surface area (Å²) in [4.78, 5) is 1.24. The molecule has 0 spiro atoms. The van der Waals surface area contributed by atoms with Gasteiger partial charge in [0.2, 0.25) is 0 Å². The van der Waals surface area contributed by atoms with Crippen LogP contribution in [-0.2, 0) is 9.84 Å². The van der Waals surface area contributed by atoms with Gasteiger partial charge in [0.05, 0.1) is 11.3 Å². The SMILES string of the molecule is Cc1ccsc1C(NN)C1CCCC(S(C)(=O)=O)C1. The van der Waals surface area contributed by atoms with Gasteiger partial charge >= 0.3 is 0 Å². The highest BCUT2D eigenvalue weighted by atomic mass is 32.2. The van der Waals surface area contributed by atoms with Crippen molar-refractivity contribution in [2.75, 3.05) is 6.26 Å². The van der Waals surface area contributed by atoms with Crippen LogP contribution in [-0.4, -0.2) is 19.9 Å². The smallest absolute Gasteiger partial charge is 0.150 e. The maximum atomic E-state index is 11.7. The van der Waals surface area contributed by atoms with Crippen LogP contribution in [0.5, 0.6) is 0 Å². The lowest BCUT2D eigenvalue weighted by molar-refractivity contribution is 0.277. The Labute approximate surface area is 119 Å². The molecular weight excluding hydrogens is 280 g/mol. The summed E-state index contributed by atoms with van der Waals surface area (Å²) in [7, 11) is -2.94. The Hall–Kier alpha value is -0.430. The summed E-state index contributed by atoms with van der Waals surface area (Å²) in [6, 6.07) is 2.16. The number of nitrogens with one attached hydrogen (secondary N) is 1. The largest absolute Gasteiger partial charge is 0.271 e. The van der Waals surface area contributed by atoms with E-state index in [0.717, 1.165) is 19.3 Å². The lowest BCUT2D eigenvalue weighted by atomic mass is 9.82. The summed E-state index contributed by atoms with van der Waals surface area (Å²) in [5.41, 5.74) is 4.13. The predicted molar refractivity (Wildman–Crippen MR) is 79.7 cm³/mol. The van der Waals surface area contributed by atoms with Crippen molar-refractivity contribution in [1.82, 2.24) is 5.43 Å². The quantitative estimate of drug-likeness (QED) is 0.660. The minimum atomic E-state index is -2.94. The first kappa shape index (κ1) is 15.0. The molecule has 3 unspecified atom stereocenters. The molecule has 2 rings (SSSR count). The van der Waals surface area contributed by atoms with Gasteiger partial charge in [0.15, 0.2) is 0 Å². The molecule has 19 heavy (non-hydrogen) atoms. The molecule has 6 heteroatoms. The zero-order valence-corrected chi connectivity index (χ0v) is 13.1. The van der Waals surface area contributed by atoms with E-state index in [-0.39, 0.29) is 11.3 Å². The second-order valence-electron chi connectivity index (χ2n) is 5.49. The molecule has 4 nitrogen and oxygen atoms in total. The van der Waals surface area contributed by atoms with E-state index in [9.17, 15) is 8.42 Å². The van der Waals surface area contributed by atoms with Crippen molar-refractivity contribution >= 4 is 21.2 Å². The van der Waals surface area contributed by atoms with E-state index in [0.29, 0.717) is 12.3 Å². The van der Waals surface area contributed by atoms with E-state index in [1.54, 1.807) is 11.3 Å². The topological polar surface area (TPSA) is 72.2 Å². The average molecular weight is 302 g/mol. The molecule has 1 aliphatic carbocycles. The van der Waals surface area contributed by atoms with Crippen LogP contribution in [0.15, 0.2) is 11.4 Å². The van der Waals surface area contributed by atoms with Crippen LogP contribution in [0.4, 0.5) is 0 Å². The molecule has 1 aromatic rings. The van der Waals surface area contributed by atoms with E-state index in [1.165, 1.54) is 16.7 Å². The highest BCUT2D eigenvalue weighted by Crippen LogP contribution is 2.38. The number of aryl methyl sites for hydroxylation is 1. The van der Waals surface area contributed by atoms with E-state index in [2.05, 4.69) is 23.8 Å². The normalized spacial score (nSPS) is 26.3. The number of sulfone groups is 1. The van der Waals surface area contributed by atoms with Crippen LogP contribution in [0.1, 0.15) is 42.2 Å². The molecule has 0 radical (unpaired) electrons. The molecule has 1 aliphatic rings. The summed E-state index contributed by atoms with van der Waals surface area (Å²) in [6.45, 7) is 2.08. The maximum Gasteiger partial charge on any atom is 0.150 e. The van der Waals surface area contributed by atoms with Crippen molar-refractivity contribution in [2.45, 2.75) is 43.9 Å². The molecule has 1 aromatic heterocycles.